The van der Waals surface area contributed by atoms with Gasteiger partial charge in [-0.2, -0.15) is 0 Å². The molecule has 0 amide bonds. The van der Waals surface area contributed by atoms with Crippen molar-refractivity contribution in [3.63, 3.8) is 0 Å². The molecule has 1 heterocycles. The fourth-order valence-electron chi connectivity index (χ4n) is 1.48. The zero-order valence-electron chi connectivity index (χ0n) is 10.5. The van der Waals surface area contributed by atoms with Crippen molar-refractivity contribution in [1.29, 1.82) is 0 Å². The minimum absolute atomic E-state index is 0.779. The fourth-order valence-corrected chi connectivity index (χ4v) is 1.69. The van der Waals surface area contributed by atoms with Crippen LogP contribution in [-0.4, -0.2) is 27.8 Å². The van der Waals surface area contributed by atoms with Crippen LogP contribution < -0.4 is 10.6 Å². The number of rotatable bonds is 8. The number of imidazole rings is 1. The summed E-state index contributed by atoms with van der Waals surface area (Å²) in [7, 11) is 0. The van der Waals surface area contributed by atoms with Gasteiger partial charge in [0.05, 0.1) is 6.33 Å². The molecule has 0 radical (unpaired) electrons. The van der Waals surface area contributed by atoms with Crippen molar-refractivity contribution in [1.82, 2.24) is 20.2 Å². The van der Waals surface area contributed by atoms with Gasteiger partial charge in [0, 0.05) is 32.0 Å². The van der Waals surface area contributed by atoms with E-state index in [-0.39, 0.29) is 0 Å². The lowest BCUT2D eigenvalue weighted by Gasteiger charge is -2.09. The van der Waals surface area contributed by atoms with Gasteiger partial charge in [0.15, 0.2) is 5.11 Å². The predicted octanol–water partition coefficient (Wildman–Crippen LogP) is 1.93. The molecule has 17 heavy (non-hydrogen) atoms. The van der Waals surface area contributed by atoms with Gasteiger partial charge in [-0.05, 0) is 31.5 Å². The number of hydrogen-bond donors (Lipinski definition) is 2. The molecule has 0 bridgehead atoms. The summed E-state index contributed by atoms with van der Waals surface area (Å²) >= 11 is 5.16. The monoisotopic (exact) mass is 254 g/mol. The minimum Gasteiger partial charge on any atom is -0.363 e. The molecule has 96 valence electrons. The van der Waals surface area contributed by atoms with Crippen LogP contribution in [0.15, 0.2) is 18.7 Å². The highest BCUT2D eigenvalue weighted by molar-refractivity contribution is 7.80. The first kappa shape index (κ1) is 14.0. The van der Waals surface area contributed by atoms with Gasteiger partial charge >= 0.3 is 0 Å². The Morgan fingerprint density at radius 1 is 1.24 bits per heavy atom. The summed E-state index contributed by atoms with van der Waals surface area (Å²) in [4.78, 5) is 4.01. The molecule has 1 rings (SSSR count). The van der Waals surface area contributed by atoms with Crippen molar-refractivity contribution in [2.45, 2.75) is 39.2 Å². The third-order valence-electron chi connectivity index (χ3n) is 2.50. The van der Waals surface area contributed by atoms with E-state index >= 15 is 0 Å². The van der Waals surface area contributed by atoms with Crippen molar-refractivity contribution in [2.75, 3.05) is 13.1 Å². The van der Waals surface area contributed by atoms with E-state index in [2.05, 4.69) is 27.1 Å². The second kappa shape index (κ2) is 8.98. The summed E-state index contributed by atoms with van der Waals surface area (Å²) in [5, 5.41) is 7.19. The zero-order valence-corrected chi connectivity index (χ0v) is 11.3. The van der Waals surface area contributed by atoms with Crippen molar-refractivity contribution < 1.29 is 0 Å². The average Bonchev–Trinajstić information content (AvgIpc) is 2.82. The number of hydrogen-bond acceptors (Lipinski definition) is 2. The molecular weight excluding hydrogens is 232 g/mol. The van der Waals surface area contributed by atoms with Crippen LogP contribution in [0.1, 0.15) is 32.6 Å². The molecule has 1 aromatic rings. The van der Waals surface area contributed by atoms with Crippen molar-refractivity contribution in [2.24, 2.45) is 0 Å². The molecule has 0 spiro atoms. The van der Waals surface area contributed by atoms with Gasteiger partial charge in [0.2, 0.25) is 0 Å². The van der Waals surface area contributed by atoms with Gasteiger partial charge < -0.3 is 15.2 Å². The van der Waals surface area contributed by atoms with Gasteiger partial charge in [-0.25, -0.2) is 4.98 Å². The van der Waals surface area contributed by atoms with Gasteiger partial charge in [-0.3, -0.25) is 0 Å². The van der Waals surface area contributed by atoms with Crippen LogP contribution >= 0.6 is 12.2 Å². The molecule has 4 nitrogen and oxygen atoms in total. The van der Waals surface area contributed by atoms with E-state index in [0.29, 0.717) is 0 Å². The summed E-state index contributed by atoms with van der Waals surface area (Å²) in [5.74, 6) is 0. The summed E-state index contributed by atoms with van der Waals surface area (Å²) in [5.41, 5.74) is 0. The lowest BCUT2D eigenvalue weighted by Crippen LogP contribution is -2.36. The third kappa shape index (κ3) is 6.94. The number of thiocarbonyl (C=S) groups is 1. The molecule has 0 saturated carbocycles. The van der Waals surface area contributed by atoms with Crippen LogP contribution in [0.4, 0.5) is 0 Å². The first-order valence-corrected chi connectivity index (χ1v) is 6.71. The van der Waals surface area contributed by atoms with Crippen LogP contribution in [0.5, 0.6) is 0 Å². The maximum absolute atomic E-state index is 5.16. The Labute approximate surface area is 109 Å². The van der Waals surface area contributed by atoms with Crippen molar-refractivity contribution in [3.05, 3.63) is 18.7 Å². The SMILES string of the molecule is CCCCNC(=S)NCCCCn1ccnc1. The number of unbranched alkanes of at least 4 members (excludes halogenated alkanes) is 2. The number of nitrogens with one attached hydrogen (secondary N) is 2. The topological polar surface area (TPSA) is 41.9 Å². The van der Waals surface area contributed by atoms with Crippen LogP contribution in [0.2, 0.25) is 0 Å². The molecule has 2 N–H and O–H groups in total. The standard InChI is InChI=1S/C12H22N4S/c1-2-3-6-14-12(17)15-7-4-5-9-16-10-8-13-11-16/h8,10-11H,2-7,9H2,1H3,(H2,14,15,17). The highest BCUT2D eigenvalue weighted by atomic mass is 32.1. The predicted molar refractivity (Wildman–Crippen MR) is 75.0 cm³/mol. The fraction of sp³-hybridized carbons (Fsp3) is 0.667. The zero-order chi connectivity index (χ0) is 12.3. The molecule has 0 aliphatic rings. The average molecular weight is 254 g/mol. The van der Waals surface area contributed by atoms with Crippen LogP contribution in [0.25, 0.3) is 0 Å². The molecule has 5 heteroatoms. The molecular formula is C12H22N4S. The second-order valence-corrected chi connectivity index (χ2v) is 4.45. The molecule has 0 aliphatic heterocycles. The molecule has 0 aliphatic carbocycles. The Morgan fingerprint density at radius 3 is 2.65 bits per heavy atom. The molecule has 0 fully saturated rings. The molecule has 0 saturated heterocycles. The first-order chi connectivity index (χ1) is 8.33. The Morgan fingerprint density at radius 2 is 2.00 bits per heavy atom. The van der Waals surface area contributed by atoms with E-state index in [4.69, 9.17) is 12.2 Å². The molecule has 1 aromatic heterocycles. The molecule has 0 aromatic carbocycles. The number of aryl methyl sites for hydroxylation is 1. The molecule has 0 unspecified atom stereocenters. The first-order valence-electron chi connectivity index (χ1n) is 6.30. The quantitative estimate of drug-likeness (QED) is 0.549. The highest BCUT2D eigenvalue weighted by Gasteiger charge is 1.94. The lowest BCUT2D eigenvalue weighted by molar-refractivity contribution is 0.600. The number of aromatic nitrogens is 2. The largest absolute Gasteiger partial charge is 0.363 e. The van der Waals surface area contributed by atoms with E-state index < -0.39 is 0 Å². The summed E-state index contributed by atoms with van der Waals surface area (Å²) in [6.45, 7) is 5.11. The van der Waals surface area contributed by atoms with Crippen LogP contribution in [-0.2, 0) is 6.54 Å². The van der Waals surface area contributed by atoms with Crippen molar-refractivity contribution >= 4 is 17.3 Å². The summed E-state index contributed by atoms with van der Waals surface area (Å²) in [6.07, 6.45) is 10.3. The minimum atomic E-state index is 0.779. The van der Waals surface area contributed by atoms with Gasteiger partial charge in [-0.15, -0.1) is 0 Å². The van der Waals surface area contributed by atoms with E-state index in [1.54, 1.807) is 0 Å². The van der Waals surface area contributed by atoms with Crippen LogP contribution in [0.3, 0.4) is 0 Å². The van der Waals surface area contributed by atoms with Gasteiger partial charge in [0.25, 0.3) is 0 Å². The number of nitrogens with zero attached hydrogens (tertiary/aromatic N) is 2. The lowest BCUT2D eigenvalue weighted by atomic mass is 10.3. The second-order valence-electron chi connectivity index (χ2n) is 4.04. The maximum atomic E-state index is 5.16. The van der Waals surface area contributed by atoms with E-state index in [9.17, 15) is 0 Å². The third-order valence-corrected chi connectivity index (χ3v) is 2.79. The Hall–Kier alpha value is -1.10. The van der Waals surface area contributed by atoms with Gasteiger partial charge in [0.1, 0.15) is 0 Å². The summed E-state index contributed by atoms with van der Waals surface area (Å²) < 4.78 is 2.10. The summed E-state index contributed by atoms with van der Waals surface area (Å²) in [6, 6.07) is 0. The Balaban J connectivity index is 1.91. The maximum Gasteiger partial charge on any atom is 0.166 e. The Bertz CT molecular complexity index is 297. The van der Waals surface area contributed by atoms with Crippen molar-refractivity contribution in [3.8, 4) is 0 Å². The normalized spacial score (nSPS) is 10.2. The highest BCUT2D eigenvalue weighted by Crippen LogP contribution is 1.93. The van der Waals surface area contributed by atoms with E-state index in [1.165, 1.54) is 12.8 Å². The van der Waals surface area contributed by atoms with Gasteiger partial charge in [-0.1, -0.05) is 13.3 Å². The molecule has 0 atom stereocenters. The van der Waals surface area contributed by atoms with E-state index in [1.807, 2.05) is 18.7 Å². The smallest absolute Gasteiger partial charge is 0.166 e. The van der Waals surface area contributed by atoms with E-state index in [0.717, 1.165) is 37.6 Å². The van der Waals surface area contributed by atoms with Crippen LogP contribution in [0, 0.1) is 0 Å². The Kier molecular flexibility index (Phi) is 7.38.